The lowest BCUT2D eigenvalue weighted by Gasteiger charge is -2.34. The number of nitrogens with zero attached hydrogens (tertiary/aromatic N) is 3. The summed E-state index contributed by atoms with van der Waals surface area (Å²) >= 11 is 0. The van der Waals surface area contributed by atoms with Crippen LogP contribution in [0, 0.1) is 11.3 Å². The van der Waals surface area contributed by atoms with Crippen molar-refractivity contribution < 1.29 is 9.59 Å². The van der Waals surface area contributed by atoms with Crippen molar-refractivity contribution in [3.8, 4) is 0 Å². The highest BCUT2D eigenvalue weighted by Crippen LogP contribution is 2.38. The topological polar surface area (TPSA) is 88.9 Å². The molecule has 1 heterocycles. The zero-order valence-corrected chi connectivity index (χ0v) is 15.9. The normalized spacial score (nSPS) is 18.7. The van der Waals surface area contributed by atoms with E-state index in [0.717, 1.165) is 31.2 Å². The Balaban J connectivity index is 1.48. The lowest BCUT2D eigenvalue weighted by Crippen LogP contribution is -2.32. The van der Waals surface area contributed by atoms with E-state index < -0.39 is 0 Å². The van der Waals surface area contributed by atoms with Gasteiger partial charge in [0.1, 0.15) is 12.9 Å². The summed E-state index contributed by atoms with van der Waals surface area (Å²) in [5.74, 6) is 0.0545. The molecule has 1 aliphatic rings. The summed E-state index contributed by atoms with van der Waals surface area (Å²) < 4.78 is 1.43. The minimum Gasteiger partial charge on any atom is -0.350 e. The molecule has 1 aromatic heterocycles. The Hall–Kier alpha value is -2.70. The summed E-state index contributed by atoms with van der Waals surface area (Å²) in [5.41, 5.74) is 1.23. The summed E-state index contributed by atoms with van der Waals surface area (Å²) in [6.45, 7) is 4.93. The predicted octanol–water partition coefficient (Wildman–Crippen LogP) is 2.75. The van der Waals surface area contributed by atoms with Crippen molar-refractivity contribution in [1.82, 2.24) is 20.1 Å². The predicted molar refractivity (Wildman–Crippen MR) is 103 cm³/mol. The molecule has 1 fully saturated rings. The first-order chi connectivity index (χ1) is 12.9. The molecule has 0 aliphatic heterocycles. The highest BCUT2D eigenvalue weighted by atomic mass is 16.2. The average Bonchev–Trinajstić information content (AvgIpc) is 3.06. The molecule has 1 aliphatic carbocycles. The number of carbonyl (C=O) groups is 2. The number of carbonyl (C=O) groups excluding carboxylic acids is 2. The Bertz CT molecular complexity index is 785. The van der Waals surface area contributed by atoms with Gasteiger partial charge < -0.3 is 5.32 Å². The van der Waals surface area contributed by atoms with Gasteiger partial charge in [0, 0.05) is 12.5 Å². The second-order valence-electron chi connectivity index (χ2n) is 7.97. The number of anilines is 1. The molecule has 27 heavy (non-hydrogen) atoms. The molecule has 0 radical (unpaired) electrons. The second kappa shape index (κ2) is 8.33. The molecule has 0 spiro atoms. The fraction of sp³-hybridized carbons (Fsp3) is 0.500. The highest BCUT2D eigenvalue weighted by Gasteiger charge is 2.32. The Kier molecular flexibility index (Phi) is 5.88. The van der Waals surface area contributed by atoms with Crippen LogP contribution >= 0.6 is 0 Å². The summed E-state index contributed by atoms with van der Waals surface area (Å²) in [5, 5.41) is 9.82. The molecule has 1 atom stereocenters. The summed E-state index contributed by atoms with van der Waals surface area (Å²) in [4.78, 5) is 28.6. The van der Waals surface area contributed by atoms with E-state index in [-0.39, 0.29) is 35.6 Å². The monoisotopic (exact) mass is 369 g/mol. The number of rotatable bonds is 6. The Morgan fingerprint density at radius 1 is 1.26 bits per heavy atom. The fourth-order valence-corrected chi connectivity index (χ4v) is 3.56. The van der Waals surface area contributed by atoms with Crippen LogP contribution in [0.25, 0.3) is 0 Å². The molecule has 0 saturated heterocycles. The van der Waals surface area contributed by atoms with E-state index in [1.165, 1.54) is 11.0 Å². The maximum atomic E-state index is 12.5. The molecule has 1 saturated carbocycles. The third kappa shape index (κ3) is 5.64. The summed E-state index contributed by atoms with van der Waals surface area (Å²) in [7, 11) is 0. The first kappa shape index (κ1) is 19.1. The SMILES string of the molecule is CC1(C)CCCC(C(=O)Nc2ncn(CC(=O)NCc3ccccc3)n2)C1. The smallest absolute Gasteiger partial charge is 0.248 e. The maximum absolute atomic E-state index is 12.5. The maximum Gasteiger partial charge on any atom is 0.248 e. The fourth-order valence-electron chi connectivity index (χ4n) is 3.56. The van der Waals surface area contributed by atoms with Crippen molar-refractivity contribution in [2.75, 3.05) is 5.32 Å². The average molecular weight is 369 g/mol. The first-order valence-corrected chi connectivity index (χ1v) is 9.42. The number of nitrogens with one attached hydrogen (secondary N) is 2. The molecule has 1 aromatic carbocycles. The van der Waals surface area contributed by atoms with Gasteiger partial charge in [-0.2, -0.15) is 0 Å². The summed E-state index contributed by atoms with van der Waals surface area (Å²) in [6, 6.07) is 9.71. The van der Waals surface area contributed by atoms with Crippen molar-refractivity contribution in [2.24, 2.45) is 11.3 Å². The lowest BCUT2D eigenvalue weighted by molar-refractivity contribution is -0.122. The molecule has 2 amide bonds. The van der Waals surface area contributed by atoms with Gasteiger partial charge in [0.15, 0.2) is 0 Å². The van der Waals surface area contributed by atoms with Crippen molar-refractivity contribution in [3.05, 3.63) is 42.2 Å². The highest BCUT2D eigenvalue weighted by molar-refractivity contribution is 5.91. The second-order valence-corrected chi connectivity index (χ2v) is 7.97. The molecule has 144 valence electrons. The van der Waals surface area contributed by atoms with E-state index >= 15 is 0 Å². The van der Waals surface area contributed by atoms with Gasteiger partial charge in [-0.1, -0.05) is 50.6 Å². The molecular weight excluding hydrogens is 342 g/mol. The zero-order chi connectivity index (χ0) is 19.3. The minimum atomic E-state index is -0.157. The quantitative estimate of drug-likeness (QED) is 0.819. The Labute approximate surface area is 159 Å². The minimum absolute atomic E-state index is 0.00475. The van der Waals surface area contributed by atoms with Gasteiger partial charge in [-0.05, 0) is 30.2 Å². The lowest BCUT2D eigenvalue weighted by atomic mass is 9.72. The zero-order valence-electron chi connectivity index (χ0n) is 15.9. The number of hydrogen-bond donors (Lipinski definition) is 2. The Morgan fingerprint density at radius 3 is 2.78 bits per heavy atom. The number of hydrogen-bond acceptors (Lipinski definition) is 4. The van der Waals surface area contributed by atoms with Crippen LogP contribution in [0.4, 0.5) is 5.95 Å². The molecule has 2 N–H and O–H groups in total. The van der Waals surface area contributed by atoms with Crippen LogP contribution in [0.1, 0.15) is 45.1 Å². The van der Waals surface area contributed by atoms with E-state index in [1.807, 2.05) is 30.3 Å². The van der Waals surface area contributed by atoms with Crippen molar-refractivity contribution in [1.29, 1.82) is 0 Å². The number of amides is 2. The van der Waals surface area contributed by atoms with Crippen LogP contribution in [-0.2, 0) is 22.7 Å². The molecule has 7 nitrogen and oxygen atoms in total. The molecule has 2 aromatic rings. The van der Waals surface area contributed by atoms with Crippen LogP contribution in [0.5, 0.6) is 0 Å². The van der Waals surface area contributed by atoms with E-state index in [0.29, 0.717) is 6.54 Å². The third-order valence-corrected chi connectivity index (χ3v) is 4.99. The van der Waals surface area contributed by atoms with Gasteiger partial charge in [0.25, 0.3) is 0 Å². The number of aromatic nitrogens is 3. The van der Waals surface area contributed by atoms with E-state index in [2.05, 4.69) is 34.6 Å². The van der Waals surface area contributed by atoms with Crippen molar-refractivity contribution in [3.63, 3.8) is 0 Å². The third-order valence-electron chi connectivity index (χ3n) is 4.99. The van der Waals surface area contributed by atoms with E-state index in [4.69, 9.17) is 0 Å². The summed E-state index contributed by atoms with van der Waals surface area (Å²) in [6.07, 6.45) is 5.46. The van der Waals surface area contributed by atoms with Crippen LogP contribution in [0.2, 0.25) is 0 Å². The first-order valence-electron chi connectivity index (χ1n) is 9.42. The standard InChI is InChI=1S/C20H27N5O2/c1-20(2)10-6-9-16(11-20)18(27)23-19-22-14-25(24-19)13-17(26)21-12-15-7-4-3-5-8-15/h3-5,7-8,14,16H,6,9-13H2,1-2H3,(H,21,26)(H,23,24,27). The van der Waals surface area contributed by atoms with Crippen molar-refractivity contribution in [2.45, 2.75) is 52.6 Å². The van der Waals surface area contributed by atoms with Gasteiger partial charge in [0.05, 0.1) is 0 Å². The van der Waals surface area contributed by atoms with Gasteiger partial charge in [-0.25, -0.2) is 9.67 Å². The molecule has 1 unspecified atom stereocenters. The van der Waals surface area contributed by atoms with Crippen LogP contribution in [0.15, 0.2) is 36.7 Å². The van der Waals surface area contributed by atoms with Crippen LogP contribution in [-0.4, -0.2) is 26.6 Å². The van der Waals surface area contributed by atoms with Gasteiger partial charge in [-0.15, -0.1) is 5.10 Å². The van der Waals surface area contributed by atoms with E-state index in [1.54, 1.807) is 0 Å². The van der Waals surface area contributed by atoms with E-state index in [9.17, 15) is 9.59 Å². The largest absolute Gasteiger partial charge is 0.350 e. The Morgan fingerprint density at radius 2 is 2.04 bits per heavy atom. The molecule has 0 bridgehead atoms. The van der Waals surface area contributed by atoms with Crippen LogP contribution in [0.3, 0.4) is 0 Å². The van der Waals surface area contributed by atoms with Gasteiger partial charge >= 0.3 is 0 Å². The van der Waals surface area contributed by atoms with Crippen LogP contribution < -0.4 is 10.6 Å². The molecular formula is C20H27N5O2. The molecule has 3 rings (SSSR count). The van der Waals surface area contributed by atoms with Gasteiger partial charge in [0.2, 0.25) is 17.8 Å². The molecule has 7 heteroatoms. The van der Waals surface area contributed by atoms with Crippen molar-refractivity contribution >= 4 is 17.8 Å². The van der Waals surface area contributed by atoms with Gasteiger partial charge in [-0.3, -0.25) is 14.9 Å². The number of benzene rings is 1.